The van der Waals surface area contributed by atoms with Crippen LogP contribution < -0.4 is 5.32 Å². The number of urea groups is 1. The average molecular weight is 338 g/mol. The van der Waals surface area contributed by atoms with Crippen LogP contribution in [0.2, 0.25) is 5.02 Å². The second kappa shape index (κ2) is 7.99. The van der Waals surface area contributed by atoms with Crippen LogP contribution in [0, 0.1) is 0 Å². The third-order valence-electron chi connectivity index (χ3n) is 4.59. The number of halogens is 1. The highest BCUT2D eigenvalue weighted by Crippen LogP contribution is 2.17. The number of likely N-dealkylation sites (tertiary alicyclic amines) is 1. The highest BCUT2D eigenvalue weighted by Gasteiger charge is 2.30. The van der Waals surface area contributed by atoms with Crippen molar-refractivity contribution < 1.29 is 9.53 Å². The molecule has 1 atom stereocenters. The molecule has 5 nitrogen and oxygen atoms in total. The molecule has 3 rings (SSSR count). The van der Waals surface area contributed by atoms with Crippen LogP contribution in [0.25, 0.3) is 0 Å². The molecule has 2 aliphatic rings. The summed E-state index contributed by atoms with van der Waals surface area (Å²) in [4.78, 5) is 16.7. The maximum Gasteiger partial charge on any atom is 0.317 e. The summed E-state index contributed by atoms with van der Waals surface area (Å²) in [6.45, 7) is 5.88. The van der Waals surface area contributed by atoms with Crippen molar-refractivity contribution in [3.8, 4) is 0 Å². The third-order valence-corrected chi connectivity index (χ3v) is 4.83. The molecule has 2 heterocycles. The number of rotatable bonds is 4. The molecule has 0 bridgehead atoms. The Morgan fingerprint density at radius 1 is 1.30 bits per heavy atom. The normalized spacial score (nSPS) is 22.3. The Balaban J connectivity index is 1.40. The Bertz CT molecular complexity index is 534. The Labute approximate surface area is 142 Å². The van der Waals surface area contributed by atoms with Crippen molar-refractivity contribution in [3.05, 3.63) is 34.9 Å². The largest absolute Gasteiger partial charge is 0.379 e. The van der Waals surface area contributed by atoms with Crippen LogP contribution in [0.3, 0.4) is 0 Å². The maximum atomic E-state index is 12.3. The zero-order valence-electron chi connectivity index (χ0n) is 13.3. The Morgan fingerprint density at radius 2 is 2.13 bits per heavy atom. The molecule has 23 heavy (non-hydrogen) atoms. The van der Waals surface area contributed by atoms with Gasteiger partial charge in [-0.05, 0) is 30.5 Å². The van der Waals surface area contributed by atoms with Gasteiger partial charge in [0, 0.05) is 43.8 Å². The first-order valence-electron chi connectivity index (χ1n) is 8.31. The molecule has 0 aliphatic carbocycles. The van der Waals surface area contributed by atoms with E-state index in [0.29, 0.717) is 12.6 Å². The molecule has 0 unspecified atom stereocenters. The fourth-order valence-electron chi connectivity index (χ4n) is 3.28. The Kier molecular flexibility index (Phi) is 5.75. The molecule has 6 heteroatoms. The van der Waals surface area contributed by atoms with Gasteiger partial charge >= 0.3 is 6.03 Å². The van der Waals surface area contributed by atoms with E-state index >= 15 is 0 Å². The quantitative estimate of drug-likeness (QED) is 0.914. The summed E-state index contributed by atoms with van der Waals surface area (Å²) in [5.74, 6) is 0. The van der Waals surface area contributed by atoms with Crippen molar-refractivity contribution in [2.45, 2.75) is 18.9 Å². The van der Waals surface area contributed by atoms with Crippen LogP contribution in [-0.2, 0) is 11.2 Å². The van der Waals surface area contributed by atoms with Gasteiger partial charge in [-0.3, -0.25) is 4.90 Å². The molecule has 1 N–H and O–H groups in total. The zero-order chi connectivity index (χ0) is 16.1. The van der Waals surface area contributed by atoms with E-state index < -0.39 is 0 Å². The molecular weight excluding hydrogens is 314 g/mol. The van der Waals surface area contributed by atoms with Crippen LogP contribution in [0.4, 0.5) is 4.79 Å². The summed E-state index contributed by atoms with van der Waals surface area (Å²) < 4.78 is 5.39. The van der Waals surface area contributed by atoms with Gasteiger partial charge in [-0.1, -0.05) is 23.7 Å². The summed E-state index contributed by atoms with van der Waals surface area (Å²) in [5.41, 5.74) is 1.14. The minimum Gasteiger partial charge on any atom is -0.379 e. The first kappa shape index (κ1) is 16.6. The van der Waals surface area contributed by atoms with Gasteiger partial charge in [0.15, 0.2) is 0 Å². The van der Waals surface area contributed by atoms with E-state index in [1.807, 2.05) is 29.2 Å². The fourth-order valence-corrected chi connectivity index (χ4v) is 3.50. The van der Waals surface area contributed by atoms with Crippen molar-refractivity contribution in [2.24, 2.45) is 0 Å². The first-order chi connectivity index (χ1) is 11.2. The zero-order valence-corrected chi connectivity index (χ0v) is 14.1. The van der Waals surface area contributed by atoms with Gasteiger partial charge < -0.3 is 15.0 Å². The van der Waals surface area contributed by atoms with E-state index in [1.54, 1.807) is 0 Å². The number of carbonyl (C=O) groups is 1. The predicted molar refractivity (Wildman–Crippen MR) is 90.9 cm³/mol. The smallest absolute Gasteiger partial charge is 0.317 e. The van der Waals surface area contributed by atoms with Gasteiger partial charge in [0.05, 0.1) is 13.2 Å². The highest BCUT2D eigenvalue weighted by molar-refractivity contribution is 6.30. The van der Waals surface area contributed by atoms with Gasteiger partial charge in [-0.25, -0.2) is 4.79 Å². The van der Waals surface area contributed by atoms with E-state index in [2.05, 4.69) is 10.2 Å². The van der Waals surface area contributed by atoms with Crippen LogP contribution in [0.1, 0.15) is 12.0 Å². The van der Waals surface area contributed by atoms with Crippen molar-refractivity contribution in [2.75, 3.05) is 45.9 Å². The molecule has 1 aromatic rings. The number of ether oxygens (including phenoxy) is 1. The van der Waals surface area contributed by atoms with E-state index in [1.165, 1.54) is 0 Å². The number of amides is 2. The molecule has 0 aromatic heterocycles. The number of nitrogens with zero attached hydrogens (tertiary/aromatic N) is 2. The van der Waals surface area contributed by atoms with Gasteiger partial charge in [0.25, 0.3) is 0 Å². The summed E-state index contributed by atoms with van der Waals surface area (Å²) >= 11 is 5.97. The van der Waals surface area contributed by atoms with Crippen molar-refractivity contribution in [1.29, 1.82) is 0 Å². The van der Waals surface area contributed by atoms with Gasteiger partial charge in [-0.2, -0.15) is 0 Å². The molecule has 0 radical (unpaired) electrons. The molecular formula is C17H24ClN3O2. The highest BCUT2D eigenvalue weighted by atomic mass is 35.5. The fraction of sp³-hybridized carbons (Fsp3) is 0.588. The SMILES string of the molecule is O=C(NCCc1cccc(Cl)c1)N1CC[C@@H](N2CCOCC2)C1. The third kappa shape index (κ3) is 4.59. The van der Waals surface area contributed by atoms with Crippen LogP contribution in [0.15, 0.2) is 24.3 Å². The second-order valence-corrected chi connectivity index (χ2v) is 6.59. The van der Waals surface area contributed by atoms with Crippen LogP contribution in [0.5, 0.6) is 0 Å². The molecule has 126 valence electrons. The maximum absolute atomic E-state index is 12.3. The Morgan fingerprint density at radius 3 is 2.91 bits per heavy atom. The van der Waals surface area contributed by atoms with Crippen molar-refractivity contribution in [1.82, 2.24) is 15.1 Å². The lowest BCUT2D eigenvalue weighted by molar-refractivity contribution is 0.0191. The summed E-state index contributed by atoms with van der Waals surface area (Å²) in [6.07, 6.45) is 1.86. The minimum absolute atomic E-state index is 0.0442. The lowest BCUT2D eigenvalue weighted by Gasteiger charge is -2.32. The minimum atomic E-state index is 0.0442. The van der Waals surface area contributed by atoms with Gasteiger partial charge in [-0.15, -0.1) is 0 Å². The lowest BCUT2D eigenvalue weighted by atomic mass is 10.1. The number of nitrogens with one attached hydrogen (secondary N) is 1. The predicted octanol–water partition coefficient (Wildman–Crippen LogP) is 2.00. The molecule has 1 aromatic carbocycles. The van der Waals surface area contributed by atoms with E-state index in [0.717, 1.165) is 62.8 Å². The number of hydrogen-bond donors (Lipinski definition) is 1. The molecule has 0 spiro atoms. The van der Waals surface area contributed by atoms with Crippen LogP contribution >= 0.6 is 11.6 Å². The Hall–Kier alpha value is -1.30. The molecule has 2 aliphatic heterocycles. The molecule has 2 fully saturated rings. The van der Waals surface area contributed by atoms with E-state index in [-0.39, 0.29) is 6.03 Å². The number of hydrogen-bond acceptors (Lipinski definition) is 3. The van der Waals surface area contributed by atoms with E-state index in [9.17, 15) is 4.79 Å². The standard InChI is InChI=1S/C17H24ClN3O2/c18-15-3-1-2-14(12-15)4-6-19-17(22)21-7-5-16(13-21)20-8-10-23-11-9-20/h1-3,12,16H,4-11,13H2,(H,19,22)/t16-/m1/s1. The van der Waals surface area contributed by atoms with Crippen LogP contribution in [-0.4, -0.2) is 67.8 Å². The molecule has 2 amide bonds. The first-order valence-corrected chi connectivity index (χ1v) is 8.69. The monoisotopic (exact) mass is 337 g/mol. The number of benzene rings is 1. The summed E-state index contributed by atoms with van der Waals surface area (Å²) in [6, 6.07) is 8.30. The van der Waals surface area contributed by atoms with Crippen molar-refractivity contribution in [3.63, 3.8) is 0 Å². The number of morpholine rings is 1. The van der Waals surface area contributed by atoms with Gasteiger partial charge in [0.2, 0.25) is 0 Å². The van der Waals surface area contributed by atoms with E-state index in [4.69, 9.17) is 16.3 Å². The summed E-state index contributed by atoms with van der Waals surface area (Å²) in [7, 11) is 0. The second-order valence-electron chi connectivity index (χ2n) is 6.15. The lowest BCUT2D eigenvalue weighted by Crippen LogP contribution is -2.46. The summed E-state index contributed by atoms with van der Waals surface area (Å²) in [5, 5.41) is 3.75. The number of carbonyl (C=O) groups excluding carboxylic acids is 1. The van der Waals surface area contributed by atoms with Crippen molar-refractivity contribution >= 4 is 17.6 Å². The average Bonchev–Trinajstić information content (AvgIpc) is 3.06. The van der Waals surface area contributed by atoms with Gasteiger partial charge in [0.1, 0.15) is 0 Å². The molecule has 2 saturated heterocycles. The molecule has 0 saturated carbocycles. The topological polar surface area (TPSA) is 44.8 Å².